The van der Waals surface area contributed by atoms with E-state index < -0.39 is 0 Å². The number of rotatable bonds is 3. The lowest BCUT2D eigenvalue weighted by molar-refractivity contribution is 1.21. The minimum atomic E-state index is -0.179. The number of nitrogens with one attached hydrogen (secondary N) is 3. The van der Waals surface area contributed by atoms with Crippen molar-refractivity contribution in [2.24, 2.45) is 5.10 Å². The van der Waals surface area contributed by atoms with Crippen LogP contribution < -0.4 is 11.0 Å². The Labute approximate surface area is 137 Å². The van der Waals surface area contributed by atoms with Crippen LogP contribution in [0.25, 0.3) is 21.9 Å². The van der Waals surface area contributed by atoms with E-state index in [0.717, 1.165) is 27.5 Å². The third kappa shape index (κ3) is 2.65. The molecule has 0 bridgehead atoms. The number of pyridine rings is 1. The Morgan fingerprint density at radius 3 is 2.83 bits per heavy atom. The molecular formula is C18H15N5O. The summed E-state index contributed by atoms with van der Waals surface area (Å²) in [5.74, 6) is 0.528. The molecule has 0 fully saturated rings. The van der Waals surface area contributed by atoms with Crippen molar-refractivity contribution >= 4 is 34.1 Å². The minimum Gasteiger partial charge on any atom is -0.323 e. The number of hydrazone groups is 1. The maximum Gasteiger partial charge on any atom is 0.257 e. The Morgan fingerprint density at radius 1 is 1.08 bits per heavy atom. The number of fused-ring (bicyclic) bond motifs is 2. The van der Waals surface area contributed by atoms with Crippen LogP contribution >= 0.6 is 0 Å². The molecule has 2 heterocycles. The Balaban J connectivity index is 1.62. The lowest BCUT2D eigenvalue weighted by Gasteiger charge is -2.01. The van der Waals surface area contributed by atoms with Crippen molar-refractivity contribution < 1.29 is 0 Å². The summed E-state index contributed by atoms with van der Waals surface area (Å²) in [7, 11) is 0. The number of aryl methyl sites for hydroxylation is 1. The van der Waals surface area contributed by atoms with Crippen LogP contribution in [0.1, 0.15) is 11.1 Å². The van der Waals surface area contributed by atoms with Crippen LogP contribution in [0.4, 0.5) is 5.95 Å². The number of benzene rings is 2. The zero-order valence-electron chi connectivity index (χ0n) is 13.0. The van der Waals surface area contributed by atoms with E-state index in [1.165, 1.54) is 6.21 Å². The lowest BCUT2D eigenvalue weighted by atomic mass is 10.1. The van der Waals surface area contributed by atoms with Gasteiger partial charge in [0.2, 0.25) is 5.95 Å². The van der Waals surface area contributed by atoms with Gasteiger partial charge in [-0.25, -0.2) is 10.4 Å². The molecule has 2 aromatic carbocycles. The van der Waals surface area contributed by atoms with E-state index in [1.54, 1.807) is 0 Å². The van der Waals surface area contributed by atoms with Gasteiger partial charge < -0.3 is 9.97 Å². The largest absolute Gasteiger partial charge is 0.323 e. The summed E-state index contributed by atoms with van der Waals surface area (Å²) in [6.07, 6.45) is 1.49. The fraction of sp³-hybridized carbons (Fsp3) is 0.0556. The molecule has 3 N–H and O–H groups in total. The molecule has 0 spiro atoms. The molecule has 0 saturated heterocycles. The first-order valence-corrected chi connectivity index (χ1v) is 7.56. The summed E-state index contributed by atoms with van der Waals surface area (Å²) in [6.45, 7) is 2.02. The van der Waals surface area contributed by atoms with Gasteiger partial charge in [0.1, 0.15) is 0 Å². The molecule has 4 aromatic rings. The minimum absolute atomic E-state index is 0.179. The average molecular weight is 317 g/mol. The van der Waals surface area contributed by atoms with Crippen LogP contribution in [0.3, 0.4) is 0 Å². The van der Waals surface area contributed by atoms with Gasteiger partial charge in [-0.15, -0.1) is 0 Å². The van der Waals surface area contributed by atoms with Crippen LogP contribution in [-0.4, -0.2) is 21.2 Å². The van der Waals surface area contributed by atoms with Crippen LogP contribution in [0, 0.1) is 6.92 Å². The first-order valence-electron chi connectivity index (χ1n) is 7.56. The predicted molar refractivity (Wildman–Crippen MR) is 96.6 cm³/mol. The highest BCUT2D eigenvalue weighted by Crippen LogP contribution is 2.14. The monoisotopic (exact) mass is 317 g/mol. The predicted octanol–water partition coefficient (Wildman–Crippen LogP) is 3.16. The first-order chi connectivity index (χ1) is 11.7. The molecule has 2 aromatic heterocycles. The van der Waals surface area contributed by atoms with Crippen molar-refractivity contribution in [3.8, 4) is 0 Å². The summed E-state index contributed by atoms with van der Waals surface area (Å²) in [4.78, 5) is 22.4. The number of nitrogens with zero attached hydrogens (tertiary/aromatic N) is 2. The Bertz CT molecular complexity index is 1090. The van der Waals surface area contributed by atoms with Gasteiger partial charge in [-0.3, -0.25) is 4.79 Å². The van der Waals surface area contributed by atoms with E-state index in [0.29, 0.717) is 11.5 Å². The van der Waals surface area contributed by atoms with E-state index in [2.05, 4.69) is 25.5 Å². The SMILES string of the molecule is Cc1ccc2[nH]c(=O)c(C=NNc3nc4ccccc4[nH]3)cc2c1. The summed E-state index contributed by atoms with van der Waals surface area (Å²) >= 11 is 0. The maximum absolute atomic E-state index is 12.1. The summed E-state index contributed by atoms with van der Waals surface area (Å²) in [5.41, 5.74) is 6.85. The fourth-order valence-electron chi connectivity index (χ4n) is 2.61. The zero-order chi connectivity index (χ0) is 16.5. The smallest absolute Gasteiger partial charge is 0.257 e. The van der Waals surface area contributed by atoms with Gasteiger partial charge in [0.15, 0.2) is 0 Å². The van der Waals surface area contributed by atoms with Gasteiger partial charge in [0, 0.05) is 5.52 Å². The quantitative estimate of drug-likeness (QED) is 0.401. The molecule has 24 heavy (non-hydrogen) atoms. The Hall–Kier alpha value is -3.41. The van der Waals surface area contributed by atoms with Crippen molar-refractivity contribution in [1.29, 1.82) is 0 Å². The summed E-state index contributed by atoms with van der Waals surface area (Å²) in [5, 5.41) is 5.08. The number of hydrogen-bond acceptors (Lipinski definition) is 4. The topological polar surface area (TPSA) is 85.9 Å². The van der Waals surface area contributed by atoms with Gasteiger partial charge in [0.05, 0.1) is 22.8 Å². The summed E-state index contributed by atoms with van der Waals surface area (Å²) in [6, 6.07) is 15.4. The number of H-pyrrole nitrogens is 2. The highest BCUT2D eigenvalue weighted by Gasteiger charge is 2.02. The Morgan fingerprint density at radius 2 is 1.96 bits per heavy atom. The van der Waals surface area contributed by atoms with Gasteiger partial charge in [-0.2, -0.15) is 5.10 Å². The molecule has 0 amide bonds. The highest BCUT2D eigenvalue weighted by molar-refractivity contribution is 5.88. The number of imidazole rings is 1. The molecule has 0 aliphatic rings. The normalized spacial score (nSPS) is 11.5. The third-order valence-corrected chi connectivity index (χ3v) is 3.79. The van der Waals surface area contributed by atoms with E-state index in [1.807, 2.05) is 55.5 Å². The molecular weight excluding hydrogens is 302 g/mol. The standard InChI is InChI=1S/C18H15N5O/c1-11-6-7-14-12(8-11)9-13(17(24)20-14)10-19-23-18-21-15-4-2-3-5-16(15)22-18/h2-10H,1H3,(H,20,24)(H2,21,22,23). The first kappa shape index (κ1) is 14.2. The number of anilines is 1. The van der Waals surface area contributed by atoms with Crippen molar-refractivity contribution in [3.05, 3.63) is 70.0 Å². The molecule has 0 atom stereocenters. The van der Waals surface area contributed by atoms with Gasteiger partial charge in [0.25, 0.3) is 5.56 Å². The van der Waals surface area contributed by atoms with E-state index in [4.69, 9.17) is 0 Å². The number of aromatic amines is 2. The van der Waals surface area contributed by atoms with E-state index in [-0.39, 0.29) is 5.56 Å². The maximum atomic E-state index is 12.1. The van der Waals surface area contributed by atoms with Gasteiger partial charge in [-0.05, 0) is 42.6 Å². The lowest BCUT2D eigenvalue weighted by Crippen LogP contribution is -2.12. The van der Waals surface area contributed by atoms with Crippen molar-refractivity contribution in [1.82, 2.24) is 15.0 Å². The molecule has 118 valence electrons. The van der Waals surface area contributed by atoms with Crippen LogP contribution in [0.15, 0.2) is 58.4 Å². The van der Waals surface area contributed by atoms with Crippen molar-refractivity contribution in [2.75, 3.05) is 5.43 Å². The number of para-hydroxylation sites is 2. The van der Waals surface area contributed by atoms with Crippen molar-refractivity contribution in [3.63, 3.8) is 0 Å². The number of aromatic nitrogens is 3. The molecule has 0 unspecified atom stereocenters. The highest BCUT2D eigenvalue weighted by atomic mass is 16.1. The molecule has 6 heteroatoms. The van der Waals surface area contributed by atoms with Crippen LogP contribution in [0.2, 0.25) is 0 Å². The molecule has 6 nitrogen and oxygen atoms in total. The second kappa shape index (κ2) is 5.66. The second-order valence-electron chi connectivity index (χ2n) is 5.62. The fourth-order valence-corrected chi connectivity index (χ4v) is 2.61. The van der Waals surface area contributed by atoms with Gasteiger partial charge in [-0.1, -0.05) is 23.8 Å². The van der Waals surface area contributed by atoms with Crippen molar-refractivity contribution in [2.45, 2.75) is 6.92 Å². The van der Waals surface area contributed by atoms with E-state index in [9.17, 15) is 4.79 Å². The molecule has 4 rings (SSSR count). The average Bonchev–Trinajstić information content (AvgIpc) is 2.98. The molecule has 0 aliphatic heterocycles. The third-order valence-electron chi connectivity index (χ3n) is 3.79. The Kier molecular flexibility index (Phi) is 3.35. The van der Waals surface area contributed by atoms with Crippen LogP contribution in [-0.2, 0) is 0 Å². The molecule has 0 radical (unpaired) electrons. The molecule has 0 aliphatic carbocycles. The molecule has 0 saturated carbocycles. The van der Waals surface area contributed by atoms with Crippen LogP contribution in [0.5, 0.6) is 0 Å². The zero-order valence-corrected chi connectivity index (χ0v) is 13.0. The second-order valence-corrected chi connectivity index (χ2v) is 5.62. The van der Waals surface area contributed by atoms with Gasteiger partial charge >= 0.3 is 0 Å². The number of hydrogen-bond donors (Lipinski definition) is 3. The summed E-state index contributed by atoms with van der Waals surface area (Å²) < 4.78 is 0. The van der Waals surface area contributed by atoms with E-state index >= 15 is 0 Å².